The summed E-state index contributed by atoms with van der Waals surface area (Å²) in [4.78, 5) is 25.4. The number of carbonyl (C=O) groups is 1. The molecule has 8 heteroatoms. The Morgan fingerprint density at radius 1 is 1.21 bits per heavy atom. The van der Waals surface area contributed by atoms with Gasteiger partial charge in [-0.3, -0.25) is 0 Å². The van der Waals surface area contributed by atoms with Crippen molar-refractivity contribution in [3.8, 4) is 0 Å². The van der Waals surface area contributed by atoms with Crippen LogP contribution < -0.4 is 5.32 Å². The topological polar surface area (TPSA) is 91.2 Å². The predicted molar refractivity (Wildman–Crippen MR) is 102 cm³/mol. The number of hydrogen-bond acceptors (Lipinski definition) is 7. The molecule has 0 bridgehead atoms. The van der Waals surface area contributed by atoms with Gasteiger partial charge < -0.3 is 19.4 Å². The normalized spacial score (nSPS) is 21.7. The van der Waals surface area contributed by atoms with E-state index in [1.165, 1.54) is 12.8 Å². The van der Waals surface area contributed by atoms with Crippen molar-refractivity contribution < 1.29 is 14.3 Å². The molecule has 0 radical (unpaired) electrons. The number of carbonyl (C=O) groups excluding carboxylic acids is 1. The van der Waals surface area contributed by atoms with E-state index in [1.807, 2.05) is 22.8 Å². The molecule has 1 aliphatic heterocycles. The Kier molecular flexibility index (Phi) is 4.40. The number of nitrogens with one attached hydrogen (secondary N) is 1. The largest absolute Gasteiger partial charge is 0.459 e. The number of hydrogen-bond donors (Lipinski definition) is 1. The van der Waals surface area contributed by atoms with E-state index in [2.05, 4.69) is 20.3 Å². The molecule has 2 atom stereocenters. The van der Waals surface area contributed by atoms with Crippen LogP contribution in [-0.2, 0) is 9.47 Å². The highest BCUT2D eigenvalue weighted by Gasteiger charge is 2.30. The first kappa shape index (κ1) is 17.1. The molecule has 8 nitrogen and oxygen atoms in total. The van der Waals surface area contributed by atoms with Crippen molar-refractivity contribution in [1.29, 1.82) is 0 Å². The third-order valence-electron chi connectivity index (χ3n) is 5.14. The van der Waals surface area contributed by atoms with Crippen molar-refractivity contribution in [2.24, 2.45) is 0 Å². The first-order valence-electron chi connectivity index (χ1n) is 9.56. The smallest absolute Gasteiger partial charge is 0.338 e. The number of fused-ring (bicyclic) bond motifs is 1. The van der Waals surface area contributed by atoms with E-state index >= 15 is 0 Å². The maximum Gasteiger partial charge on any atom is 0.338 e. The third kappa shape index (κ3) is 3.43. The standard InChI is InChI=1S/C20H21N5O3/c26-20(13-4-2-1-3-5-13)28-10-16-8-15(9-27-16)25-12-23-17-18(24-14-6-7-14)21-11-22-19(17)25/h1-5,11-12,14-16H,6-10H2,(H,21,22,24)/t15-,16-/m0/s1. The lowest BCUT2D eigenvalue weighted by Gasteiger charge is -2.12. The number of anilines is 1. The Labute approximate surface area is 161 Å². The zero-order valence-electron chi connectivity index (χ0n) is 15.3. The first-order valence-corrected chi connectivity index (χ1v) is 9.56. The quantitative estimate of drug-likeness (QED) is 0.658. The van der Waals surface area contributed by atoms with Crippen molar-refractivity contribution in [1.82, 2.24) is 19.5 Å². The van der Waals surface area contributed by atoms with E-state index < -0.39 is 0 Å². The molecular weight excluding hydrogens is 358 g/mol. The summed E-state index contributed by atoms with van der Waals surface area (Å²) in [7, 11) is 0. The molecule has 2 fully saturated rings. The van der Waals surface area contributed by atoms with Gasteiger partial charge in [-0.15, -0.1) is 0 Å². The molecule has 144 valence electrons. The third-order valence-corrected chi connectivity index (χ3v) is 5.14. The zero-order chi connectivity index (χ0) is 18.9. The Morgan fingerprint density at radius 2 is 2.07 bits per heavy atom. The van der Waals surface area contributed by atoms with E-state index in [0.29, 0.717) is 18.2 Å². The fourth-order valence-corrected chi connectivity index (χ4v) is 3.47. The molecule has 1 saturated heterocycles. The van der Waals surface area contributed by atoms with Crippen molar-refractivity contribution >= 4 is 23.0 Å². The summed E-state index contributed by atoms with van der Waals surface area (Å²) in [6.45, 7) is 0.773. The van der Waals surface area contributed by atoms with Gasteiger partial charge >= 0.3 is 5.97 Å². The van der Waals surface area contributed by atoms with Crippen LogP contribution in [-0.4, -0.2) is 50.8 Å². The van der Waals surface area contributed by atoms with Crippen LogP contribution in [0.5, 0.6) is 0 Å². The monoisotopic (exact) mass is 379 g/mol. The maximum atomic E-state index is 12.1. The summed E-state index contributed by atoms with van der Waals surface area (Å²) < 4.78 is 13.3. The molecular formula is C20H21N5O3. The number of benzene rings is 1. The minimum atomic E-state index is -0.329. The van der Waals surface area contributed by atoms with Gasteiger partial charge in [0.1, 0.15) is 18.5 Å². The average Bonchev–Trinajstić information content (AvgIpc) is 3.25. The van der Waals surface area contributed by atoms with Crippen LogP contribution in [0.2, 0.25) is 0 Å². The Balaban J connectivity index is 1.24. The van der Waals surface area contributed by atoms with Crippen LogP contribution in [0.1, 0.15) is 35.7 Å². The molecule has 1 aliphatic carbocycles. The number of nitrogens with zero attached hydrogens (tertiary/aromatic N) is 4. The van der Waals surface area contributed by atoms with Gasteiger partial charge in [-0.2, -0.15) is 0 Å². The van der Waals surface area contributed by atoms with Crippen molar-refractivity contribution in [3.63, 3.8) is 0 Å². The summed E-state index contributed by atoms with van der Waals surface area (Å²) in [5.41, 5.74) is 2.13. The van der Waals surface area contributed by atoms with Crippen molar-refractivity contribution in [3.05, 3.63) is 48.5 Å². The highest BCUT2D eigenvalue weighted by Crippen LogP contribution is 2.30. The number of imidazole rings is 1. The number of aromatic nitrogens is 4. The SMILES string of the molecule is O=C(OC[C@@H]1C[C@H](n2cnc3c(NC4CC4)ncnc32)CO1)c1ccccc1. The lowest BCUT2D eigenvalue weighted by molar-refractivity contribution is 0.0158. The second-order valence-corrected chi connectivity index (χ2v) is 7.27. The van der Waals surface area contributed by atoms with Gasteiger partial charge in [0.25, 0.3) is 0 Å². The van der Waals surface area contributed by atoms with Gasteiger partial charge in [-0.25, -0.2) is 19.7 Å². The van der Waals surface area contributed by atoms with Crippen LogP contribution >= 0.6 is 0 Å². The molecule has 2 aliphatic rings. The van der Waals surface area contributed by atoms with Gasteiger partial charge in [-0.05, 0) is 31.4 Å². The second-order valence-electron chi connectivity index (χ2n) is 7.27. The van der Waals surface area contributed by atoms with Crippen LogP contribution in [0.25, 0.3) is 11.2 Å². The van der Waals surface area contributed by atoms with Gasteiger partial charge in [0, 0.05) is 6.04 Å². The maximum absolute atomic E-state index is 12.1. The summed E-state index contributed by atoms with van der Waals surface area (Å²) in [5.74, 6) is 0.461. The molecule has 0 spiro atoms. The minimum absolute atomic E-state index is 0.106. The summed E-state index contributed by atoms with van der Waals surface area (Å²) >= 11 is 0. The summed E-state index contributed by atoms with van der Waals surface area (Å²) in [6, 6.07) is 9.59. The molecule has 3 heterocycles. The Morgan fingerprint density at radius 3 is 2.89 bits per heavy atom. The molecule has 2 aromatic heterocycles. The summed E-state index contributed by atoms with van der Waals surface area (Å²) in [5, 5.41) is 3.40. The lowest BCUT2D eigenvalue weighted by atomic mass is 10.2. The molecule has 28 heavy (non-hydrogen) atoms. The van der Waals surface area contributed by atoms with Gasteiger partial charge in [-0.1, -0.05) is 18.2 Å². The van der Waals surface area contributed by atoms with Crippen LogP contribution in [0.3, 0.4) is 0 Å². The van der Waals surface area contributed by atoms with E-state index in [0.717, 1.165) is 23.4 Å². The average molecular weight is 379 g/mol. The van der Waals surface area contributed by atoms with Gasteiger partial charge in [0.15, 0.2) is 11.5 Å². The number of rotatable bonds is 6. The van der Waals surface area contributed by atoms with E-state index in [1.54, 1.807) is 24.8 Å². The highest BCUT2D eigenvalue weighted by molar-refractivity contribution is 5.89. The second kappa shape index (κ2) is 7.20. The molecule has 1 aromatic carbocycles. The van der Waals surface area contributed by atoms with E-state index in [9.17, 15) is 4.79 Å². The molecule has 1 saturated carbocycles. The molecule has 0 unspecified atom stereocenters. The molecule has 5 rings (SSSR count). The van der Waals surface area contributed by atoms with E-state index in [-0.39, 0.29) is 24.7 Å². The van der Waals surface area contributed by atoms with E-state index in [4.69, 9.17) is 9.47 Å². The number of esters is 1. The van der Waals surface area contributed by atoms with Crippen LogP contribution in [0, 0.1) is 0 Å². The van der Waals surface area contributed by atoms with Crippen molar-refractivity contribution in [2.75, 3.05) is 18.5 Å². The molecule has 1 N–H and O–H groups in total. The zero-order valence-corrected chi connectivity index (χ0v) is 15.3. The molecule has 0 amide bonds. The van der Waals surface area contributed by atoms with Crippen LogP contribution in [0.15, 0.2) is 43.0 Å². The number of ether oxygens (including phenoxy) is 2. The van der Waals surface area contributed by atoms with Crippen LogP contribution in [0.4, 0.5) is 5.82 Å². The highest BCUT2D eigenvalue weighted by atomic mass is 16.6. The van der Waals surface area contributed by atoms with Gasteiger partial charge in [0.2, 0.25) is 0 Å². The lowest BCUT2D eigenvalue weighted by Crippen LogP contribution is -2.18. The minimum Gasteiger partial charge on any atom is -0.459 e. The summed E-state index contributed by atoms with van der Waals surface area (Å²) in [6.07, 6.45) is 6.31. The van der Waals surface area contributed by atoms with Crippen molar-refractivity contribution in [2.45, 2.75) is 37.5 Å². The Hall–Kier alpha value is -3.00. The van der Waals surface area contributed by atoms with Gasteiger partial charge in [0.05, 0.1) is 30.6 Å². The fraction of sp³-hybridized carbons (Fsp3) is 0.400. The Bertz CT molecular complexity index is 986. The fourth-order valence-electron chi connectivity index (χ4n) is 3.47. The molecule has 3 aromatic rings. The predicted octanol–water partition coefficient (Wildman–Crippen LogP) is 2.59. The first-order chi connectivity index (χ1) is 13.8.